The lowest BCUT2D eigenvalue weighted by molar-refractivity contribution is 0.256. The molecule has 39 heavy (non-hydrogen) atoms. The van der Waals surface area contributed by atoms with Crippen LogP contribution in [0.15, 0.2) is 66.8 Å². The van der Waals surface area contributed by atoms with Gasteiger partial charge in [-0.25, -0.2) is 22.5 Å². The molecule has 2 aromatic heterocycles. The standard InChI is InChI=1S/C22H15Cl2N5O7S3/c1-10-25-15-6-11-7-19(30)29(21(31)13(11)9-17(15)38(33,34)27-10)16-3-2-12(8-14(16)23)26-22(32)28-39(35,36)20-5-4-18(24)37-20/h2-9,31H,1H3,(H,25,27)(H2,26,28,32). The number of hydrogen-bond acceptors (Lipinski definition) is 9. The second kappa shape index (κ2) is 9.53. The van der Waals surface area contributed by atoms with Crippen LogP contribution in [0, 0.1) is 0 Å². The summed E-state index contributed by atoms with van der Waals surface area (Å²) >= 11 is 12.9. The van der Waals surface area contributed by atoms with Crippen molar-refractivity contribution in [1.29, 1.82) is 0 Å². The summed E-state index contributed by atoms with van der Waals surface area (Å²) in [5, 5.41) is 16.4. The fraction of sp³-hybridized carbons (Fsp3) is 0.0455. The number of urea groups is 1. The number of nitrogens with one attached hydrogen (secondary N) is 3. The molecule has 4 aromatic rings. The maximum atomic E-state index is 12.9. The third-order valence-corrected chi connectivity index (χ3v) is 10.2. The molecule has 0 unspecified atom stereocenters. The number of hydrogen-bond donors (Lipinski definition) is 4. The largest absolute Gasteiger partial charge is 0.494 e. The first-order valence-corrected chi connectivity index (χ1v) is 15.2. The van der Waals surface area contributed by atoms with Crippen molar-refractivity contribution < 1.29 is 26.7 Å². The normalized spacial score (nSPS) is 14.3. The van der Waals surface area contributed by atoms with Crippen molar-refractivity contribution in [3.8, 4) is 11.6 Å². The van der Waals surface area contributed by atoms with E-state index < -0.39 is 37.5 Å². The Morgan fingerprint density at radius 2 is 1.87 bits per heavy atom. The highest BCUT2D eigenvalue weighted by atomic mass is 35.5. The number of aromatic nitrogens is 1. The first kappa shape index (κ1) is 27.0. The first-order valence-electron chi connectivity index (χ1n) is 10.7. The summed E-state index contributed by atoms with van der Waals surface area (Å²) < 4.78 is 56.1. The van der Waals surface area contributed by atoms with Crippen molar-refractivity contribution in [3.05, 3.63) is 68.2 Å². The number of pyridine rings is 1. The fourth-order valence-corrected chi connectivity index (χ4v) is 7.67. The molecular weight excluding hydrogens is 613 g/mol. The summed E-state index contributed by atoms with van der Waals surface area (Å²) in [5.74, 6) is -0.426. The van der Waals surface area contributed by atoms with Crippen molar-refractivity contribution in [2.75, 3.05) is 10.6 Å². The molecule has 12 nitrogen and oxygen atoms in total. The Morgan fingerprint density at radius 1 is 1.13 bits per heavy atom. The SMILES string of the molecule is CC1=NS(=O)(=O)c2cc3c(O)n(-c4ccc(NC(=O)NS(=O)(=O)c5ccc(Cl)s5)cc4Cl)c(=O)cc3cc2N1. The zero-order valence-corrected chi connectivity index (χ0v) is 23.4. The highest BCUT2D eigenvalue weighted by Gasteiger charge is 2.26. The number of benzene rings is 2. The van der Waals surface area contributed by atoms with Crippen LogP contribution in [-0.4, -0.2) is 38.4 Å². The van der Waals surface area contributed by atoms with Gasteiger partial charge in [0.05, 0.1) is 20.7 Å². The van der Waals surface area contributed by atoms with Crippen molar-refractivity contribution in [3.63, 3.8) is 0 Å². The Bertz CT molecular complexity index is 2020. The summed E-state index contributed by atoms with van der Waals surface area (Å²) in [4.78, 5) is 25.1. The molecule has 2 aromatic carbocycles. The third kappa shape index (κ3) is 5.06. The van der Waals surface area contributed by atoms with Crippen LogP contribution in [-0.2, 0) is 20.0 Å². The van der Waals surface area contributed by atoms with E-state index >= 15 is 0 Å². The van der Waals surface area contributed by atoms with Gasteiger partial charge in [-0.1, -0.05) is 23.2 Å². The molecule has 17 heteroatoms. The molecule has 0 bridgehead atoms. The molecule has 2 amide bonds. The molecule has 0 aliphatic carbocycles. The first-order chi connectivity index (χ1) is 18.2. The molecule has 0 atom stereocenters. The quantitative estimate of drug-likeness (QED) is 0.261. The Balaban J connectivity index is 1.48. The number of thiophene rings is 1. The molecular formula is C22H15Cl2N5O7S3. The molecule has 4 N–H and O–H groups in total. The van der Waals surface area contributed by atoms with E-state index in [0.717, 1.165) is 15.9 Å². The summed E-state index contributed by atoms with van der Waals surface area (Å²) in [7, 11) is -8.20. The average Bonchev–Trinajstić information content (AvgIpc) is 3.26. The smallest absolute Gasteiger partial charge is 0.333 e. The highest BCUT2D eigenvalue weighted by Crippen LogP contribution is 2.36. The van der Waals surface area contributed by atoms with Crippen LogP contribution in [0.2, 0.25) is 9.36 Å². The second-order valence-corrected chi connectivity index (χ2v) is 13.7. The van der Waals surface area contributed by atoms with Gasteiger partial charge in [0.15, 0.2) is 0 Å². The minimum Gasteiger partial charge on any atom is -0.494 e. The maximum absolute atomic E-state index is 12.9. The Hall–Kier alpha value is -3.63. The van der Waals surface area contributed by atoms with E-state index in [1.54, 1.807) is 0 Å². The minimum atomic E-state index is -4.16. The zero-order chi connectivity index (χ0) is 28.3. The molecule has 0 saturated heterocycles. The van der Waals surface area contributed by atoms with Crippen molar-refractivity contribution in [2.45, 2.75) is 16.0 Å². The van der Waals surface area contributed by atoms with Gasteiger partial charge in [0.1, 0.15) is 14.9 Å². The fourth-order valence-electron chi connectivity index (χ4n) is 3.86. The van der Waals surface area contributed by atoms with E-state index in [9.17, 15) is 31.5 Å². The topological polar surface area (TPSA) is 176 Å². The van der Waals surface area contributed by atoms with Gasteiger partial charge < -0.3 is 15.7 Å². The van der Waals surface area contributed by atoms with Gasteiger partial charge in [-0.2, -0.15) is 8.42 Å². The van der Waals surface area contributed by atoms with Crippen molar-refractivity contribution in [1.82, 2.24) is 9.29 Å². The van der Waals surface area contributed by atoms with Gasteiger partial charge in [0.2, 0.25) is 5.88 Å². The number of fused-ring (bicyclic) bond motifs is 2. The van der Waals surface area contributed by atoms with Crippen LogP contribution in [0.3, 0.4) is 0 Å². The zero-order valence-electron chi connectivity index (χ0n) is 19.4. The maximum Gasteiger partial charge on any atom is 0.333 e. The van der Waals surface area contributed by atoms with Crippen molar-refractivity contribution >= 4 is 88.6 Å². The van der Waals surface area contributed by atoms with E-state index in [2.05, 4.69) is 15.0 Å². The summed E-state index contributed by atoms with van der Waals surface area (Å²) in [5.41, 5.74) is -0.374. The number of amidine groups is 1. The van der Waals surface area contributed by atoms with Gasteiger partial charge in [0.25, 0.3) is 25.6 Å². The number of carbonyl (C=O) groups is 1. The summed E-state index contributed by atoms with van der Waals surface area (Å²) in [6.45, 7) is 1.48. The van der Waals surface area contributed by atoms with E-state index in [1.807, 2.05) is 4.72 Å². The van der Waals surface area contributed by atoms with Gasteiger partial charge in [-0.3, -0.25) is 4.79 Å². The van der Waals surface area contributed by atoms with Crippen LogP contribution in [0.4, 0.5) is 16.2 Å². The van der Waals surface area contributed by atoms with E-state index in [1.165, 1.54) is 55.5 Å². The number of carbonyl (C=O) groups excluding carboxylic acids is 1. The predicted octanol–water partition coefficient (Wildman–Crippen LogP) is 4.11. The van der Waals surface area contributed by atoms with Crippen LogP contribution < -0.4 is 20.9 Å². The summed E-state index contributed by atoms with van der Waals surface area (Å²) in [6, 6.07) is 9.22. The predicted molar refractivity (Wildman–Crippen MR) is 149 cm³/mol. The summed E-state index contributed by atoms with van der Waals surface area (Å²) in [6.07, 6.45) is 0. The van der Waals surface area contributed by atoms with E-state index in [-0.39, 0.29) is 52.1 Å². The molecule has 5 rings (SSSR count). The number of rotatable bonds is 4. The molecule has 0 fully saturated rings. The van der Waals surface area contributed by atoms with E-state index in [4.69, 9.17) is 23.2 Å². The van der Waals surface area contributed by atoms with Gasteiger partial charge >= 0.3 is 6.03 Å². The second-order valence-electron chi connectivity index (χ2n) is 8.14. The molecule has 0 saturated carbocycles. The van der Waals surface area contributed by atoms with Gasteiger partial charge in [0, 0.05) is 17.1 Å². The molecule has 1 aliphatic rings. The Labute approximate surface area is 234 Å². The number of anilines is 2. The van der Waals surface area contributed by atoms with Gasteiger partial charge in [-0.05, 0) is 54.8 Å². The lowest BCUT2D eigenvalue weighted by Crippen LogP contribution is -2.33. The van der Waals surface area contributed by atoms with Gasteiger partial charge in [-0.15, -0.1) is 15.7 Å². The average molecular weight is 628 g/mol. The number of amides is 2. The monoisotopic (exact) mass is 627 g/mol. The molecule has 3 heterocycles. The van der Waals surface area contributed by atoms with Crippen LogP contribution >= 0.6 is 34.5 Å². The van der Waals surface area contributed by atoms with Crippen LogP contribution in [0.1, 0.15) is 6.92 Å². The minimum absolute atomic E-state index is 0.0143. The third-order valence-electron chi connectivity index (χ3n) is 5.44. The molecule has 0 radical (unpaired) electrons. The lowest BCUT2D eigenvalue weighted by Gasteiger charge is -2.18. The molecule has 1 aliphatic heterocycles. The highest BCUT2D eigenvalue weighted by molar-refractivity contribution is 7.92. The van der Waals surface area contributed by atoms with E-state index in [0.29, 0.717) is 0 Å². The lowest BCUT2D eigenvalue weighted by atomic mass is 10.1. The number of halogens is 2. The van der Waals surface area contributed by atoms with Crippen LogP contribution in [0.25, 0.3) is 16.5 Å². The number of nitrogens with zero attached hydrogens (tertiary/aromatic N) is 2. The Kier molecular flexibility index (Phi) is 6.59. The number of sulfonamides is 2. The Morgan fingerprint density at radius 3 is 2.54 bits per heavy atom. The van der Waals surface area contributed by atoms with Crippen LogP contribution in [0.5, 0.6) is 5.88 Å². The molecule has 202 valence electrons. The molecule has 0 spiro atoms. The van der Waals surface area contributed by atoms with Crippen molar-refractivity contribution in [2.24, 2.45) is 4.40 Å². The number of aromatic hydroxyl groups is 1.